The van der Waals surface area contributed by atoms with Crippen LogP contribution in [-0.4, -0.2) is 22.6 Å². The number of benzene rings is 1. The summed E-state index contributed by atoms with van der Waals surface area (Å²) in [4.78, 5) is 15.4. The number of carboxylic acids is 1. The van der Waals surface area contributed by atoms with E-state index in [0.29, 0.717) is 13.0 Å². The van der Waals surface area contributed by atoms with Gasteiger partial charge in [-0.05, 0) is 18.6 Å². The van der Waals surface area contributed by atoms with Gasteiger partial charge in [-0.25, -0.2) is 4.98 Å². The average molecular weight is 264 g/mol. The highest BCUT2D eigenvalue weighted by atomic mass is 32.1. The standard InChI is InChI=1S/C13H16N2O2S/c1-2-5-9(12(16)17)8-14-13-15-10-6-3-4-7-11(10)18-13/h3-4,6-7,9H,2,5,8H2,1H3,(H,14,15)(H,16,17). The van der Waals surface area contributed by atoms with Crippen molar-refractivity contribution in [3.8, 4) is 0 Å². The molecule has 0 spiro atoms. The number of anilines is 1. The second kappa shape index (κ2) is 5.82. The van der Waals surface area contributed by atoms with Gasteiger partial charge in [-0.3, -0.25) is 4.79 Å². The van der Waals surface area contributed by atoms with Crippen LogP contribution in [0.3, 0.4) is 0 Å². The van der Waals surface area contributed by atoms with E-state index < -0.39 is 5.97 Å². The first-order chi connectivity index (χ1) is 8.70. The number of aromatic nitrogens is 1. The number of nitrogens with zero attached hydrogens (tertiary/aromatic N) is 1. The van der Waals surface area contributed by atoms with Crippen LogP contribution in [0.2, 0.25) is 0 Å². The number of hydrogen-bond donors (Lipinski definition) is 2. The molecule has 2 N–H and O–H groups in total. The van der Waals surface area contributed by atoms with Crippen LogP contribution in [0.5, 0.6) is 0 Å². The van der Waals surface area contributed by atoms with Crippen molar-refractivity contribution in [3.63, 3.8) is 0 Å². The first kappa shape index (κ1) is 12.8. The molecule has 5 heteroatoms. The lowest BCUT2D eigenvalue weighted by atomic mass is 10.0. The topological polar surface area (TPSA) is 62.2 Å². The highest BCUT2D eigenvalue weighted by Crippen LogP contribution is 2.25. The number of carboxylic acid groups (broad SMARTS) is 1. The Morgan fingerprint density at radius 2 is 2.28 bits per heavy atom. The number of nitrogens with one attached hydrogen (secondary N) is 1. The van der Waals surface area contributed by atoms with E-state index in [0.717, 1.165) is 21.8 Å². The van der Waals surface area contributed by atoms with E-state index in [1.807, 2.05) is 31.2 Å². The third-order valence-corrected chi connectivity index (χ3v) is 3.77. The van der Waals surface area contributed by atoms with Gasteiger partial charge in [0.1, 0.15) is 0 Å². The number of rotatable bonds is 6. The molecule has 1 atom stereocenters. The van der Waals surface area contributed by atoms with Crippen molar-refractivity contribution in [2.45, 2.75) is 19.8 Å². The Morgan fingerprint density at radius 3 is 2.94 bits per heavy atom. The quantitative estimate of drug-likeness (QED) is 0.841. The summed E-state index contributed by atoms with van der Waals surface area (Å²) >= 11 is 1.55. The molecular weight excluding hydrogens is 248 g/mol. The van der Waals surface area contributed by atoms with Crippen molar-refractivity contribution in [2.75, 3.05) is 11.9 Å². The average Bonchev–Trinajstić information content (AvgIpc) is 2.76. The molecule has 2 rings (SSSR count). The van der Waals surface area contributed by atoms with Gasteiger partial charge < -0.3 is 10.4 Å². The van der Waals surface area contributed by atoms with Crippen molar-refractivity contribution >= 4 is 32.7 Å². The van der Waals surface area contributed by atoms with Crippen molar-refractivity contribution in [1.82, 2.24) is 4.98 Å². The Labute approximate surface area is 110 Å². The van der Waals surface area contributed by atoms with Gasteiger partial charge in [0.05, 0.1) is 16.1 Å². The first-order valence-corrected chi connectivity index (χ1v) is 6.84. The third-order valence-electron chi connectivity index (χ3n) is 2.78. The SMILES string of the molecule is CCCC(CNc1nc2ccccc2s1)C(=O)O. The van der Waals surface area contributed by atoms with Crippen LogP contribution >= 0.6 is 11.3 Å². The second-order valence-electron chi connectivity index (χ2n) is 4.19. The third kappa shape index (κ3) is 2.98. The van der Waals surface area contributed by atoms with Gasteiger partial charge in [-0.2, -0.15) is 0 Å². The highest BCUT2D eigenvalue weighted by Gasteiger charge is 2.16. The van der Waals surface area contributed by atoms with E-state index in [1.165, 1.54) is 0 Å². The number of carbonyl (C=O) groups is 1. The fourth-order valence-electron chi connectivity index (χ4n) is 1.82. The number of para-hydroxylation sites is 1. The lowest BCUT2D eigenvalue weighted by molar-refractivity contribution is -0.141. The largest absolute Gasteiger partial charge is 0.481 e. The molecule has 1 aromatic heterocycles. The minimum absolute atomic E-state index is 0.345. The smallest absolute Gasteiger partial charge is 0.308 e. The van der Waals surface area contributed by atoms with Gasteiger partial charge in [0.2, 0.25) is 0 Å². The van der Waals surface area contributed by atoms with Crippen molar-refractivity contribution in [1.29, 1.82) is 0 Å². The molecule has 0 fully saturated rings. The fraction of sp³-hybridized carbons (Fsp3) is 0.385. The van der Waals surface area contributed by atoms with Gasteiger partial charge >= 0.3 is 5.97 Å². The van der Waals surface area contributed by atoms with E-state index in [4.69, 9.17) is 5.11 Å². The van der Waals surface area contributed by atoms with Gasteiger partial charge in [0, 0.05) is 6.54 Å². The zero-order valence-electron chi connectivity index (χ0n) is 10.2. The van der Waals surface area contributed by atoms with Crippen LogP contribution in [0, 0.1) is 5.92 Å². The van der Waals surface area contributed by atoms with Crippen LogP contribution in [0.25, 0.3) is 10.2 Å². The van der Waals surface area contributed by atoms with Gasteiger partial charge in [-0.15, -0.1) is 0 Å². The minimum atomic E-state index is -0.745. The first-order valence-electron chi connectivity index (χ1n) is 6.03. The molecule has 4 nitrogen and oxygen atoms in total. The number of thiazole rings is 1. The molecule has 0 bridgehead atoms. The molecule has 0 aliphatic heterocycles. The van der Waals surface area contributed by atoms with Crippen molar-refractivity contribution in [3.05, 3.63) is 24.3 Å². The Bertz CT molecular complexity index is 506. The minimum Gasteiger partial charge on any atom is -0.481 e. The Kier molecular flexibility index (Phi) is 4.15. The Balaban J connectivity index is 2.02. The normalized spacial score (nSPS) is 12.5. The molecule has 0 aliphatic carbocycles. The van der Waals surface area contributed by atoms with E-state index in [-0.39, 0.29) is 5.92 Å². The number of hydrogen-bond acceptors (Lipinski definition) is 4. The summed E-state index contributed by atoms with van der Waals surface area (Å²) in [6, 6.07) is 7.89. The monoisotopic (exact) mass is 264 g/mol. The predicted octanol–water partition coefficient (Wildman–Crippen LogP) is 3.21. The van der Waals surface area contributed by atoms with Gasteiger partial charge in [0.15, 0.2) is 5.13 Å². The van der Waals surface area contributed by atoms with Crippen molar-refractivity contribution in [2.24, 2.45) is 5.92 Å². The molecule has 18 heavy (non-hydrogen) atoms. The fourth-order valence-corrected chi connectivity index (χ4v) is 2.69. The molecule has 0 aliphatic rings. The molecule has 2 aromatic rings. The highest BCUT2D eigenvalue weighted by molar-refractivity contribution is 7.22. The maximum atomic E-state index is 11.0. The molecule has 1 unspecified atom stereocenters. The van der Waals surface area contributed by atoms with Crippen LogP contribution in [0.15, 0.2) is 24.3 Å². The molecule has 0 saturated heterocycles. The molecule has 1 heterocycles. The maximum Gasteiger partial charge on any atom is 0.308 e. The number of aliphatic carboxylic acids is 1. The van der Waals surface area contributed by atoms with E-state index in [1.54, 1.807) is 11.3 Å². The predicted molar refractivity (Wildman–Crippen MR) is 74.1 cm³/mol. The summed E-state index contributed by atoms with van der Waals surface area (Å²) in [5.41, 5.74) is 0.951. The van der Waals surface area contributed by atoms with E-state index >= 15 is 0 Å². The summed E-state index contributed by atoms with van der Waals surface area (Å²) in [5, 5.41) is 13.0. The van der Waals surface area contributed by atoms with Gasteiger partial charge in [-0.1, -0.05) is 36.8 Å². The van der Waals surface area contributed by atoms with Crippen LogP contribution in [0.1, 0.15) is 19.8 Å². The Hall–Kier alpha value is -1.62. The molecular formula is C13H16N2O2S. The van der Waals surface area contributed by atoms with Crippen LogP contribution in [0.4, 0.5) is 5.13 Å². The van der Waals surface area contributed by atoms with E-state index in [9.17, 15) is 4.79 Å². The van der Waals surface area contributed by atoms with E-state index in [2.05, 4.69) is 10.3 Å². The molecule has 0 saturated carbocycles. The lowest BCUT2D eigenvalue weighted by Crippen LogP contribution is -2.22. The molecule has 1 aromatic carbocycles. The summed E-state index contributed by atoms with van der Waals surface area (Å²) in [7, 11) is 0. The summed E-state index contributed by atoms with van der Waals surface area (Å²) in [6.45, 7) is 2.43. The summed E-state index contributed by atoms with van der Waals surface area (Å²) < 4.78 is 1.11. The van der Waals surface area contributed by atoms with Crippen LogP contribution < -0.4 is 5.32 Å². The maximum absolute atomic E-state index is 11.0. The molecule has 0 radical (unpaired) electrons. The summed E-state index contributed by atoms with van der Waals surface area (Å²) in [5.74, 6) is -1.09. The molecule has 0 amide bonds. The lowest BCUT2D eigenvalue weighted by Gasteiger charge is -2.11. The Morgan fingerprint density at radius 1 is 1.50 bits per heavy atom. The number of fused-ring (bicyclic) bond motifs is 1. The zero-order valence-corrected chi connectivity index (χ0v) is 11.0. The second-order valence-corrected chi connectivity index (χ2v) is 5.22. The zero-order chi connectivity index (χ0) is 13.0. The van der Waals surface area contributed by atoms with Crippen molar-refractivity contribution < 1.29 is 9.90 Å². The summed E-state index contributed by atoms with van der Waals surface area (Å²) in [6.07, 6.45) is 1.56. The van der Waals surface area contributed by atoms with Gasteiger partial charge in [0.25, 0.3) is 0 Å². The molecule has 96 valence electrons. The van der Waals surface area contributed by atoms with Crippen LogP contribution in [-0.2, 0) is 4.79 Å².